The minimum atomic E-state index is 0.0713. The smallest absolute Gasteiger partial charge is 0.247 e. The van der Waals surface area contributed by atoms with Gasteiger partial charge in [0.25, 0.3) is 0 Å². The molecule has 1 saturated heterocycles. The van der Waals surface area contributed by atoms with Gasteiger partial charge in [0.2, 0.25) is 11.8 Å². The van der Waals surface area contributed by atoms with Crippen LogP contribution in [0.3, 0.4) is 0 Å². The number of ether oxygens (including phenoxy) is 2. The Balaban J connectivity index is 1.39. The first-order valence-electron chi connectivity index (χ1n) is 9.79. The molecule has 1 aliphatic rings. The van der Waals surface area contributed by atoms with Crippen LogP contribution in [0.5, 0.6) is 11.5 Å². The lowest BCUT2D eigenvalue weighted by Crippen LogP contribution is -2.47. The maximum Gasteiger partial charge on any atom is 0.247 e. The van der Waals surface area contributed by atoms with Gasteiger partial charge in [0.05, 0.1) is 20.3 Å². The van der Waals surface area contributed by atoms with Crippen molar-refractivity contribution in [1.29, 1.82) is 0 Å². The largest absolute Gasteiger partial charge is 0.497 e. The lowest BCUT2D eigenvalue weighted by Gasteiger charge is -2.38. The normalized spacial score (nSPS) is 15.9. The van der Waals surface area contributed by atoms with Crippen LogP contribution in [0.25, 0.3) is 11.5 Å². The van der Waals surface area contributed by atoms with Crippen molar-refractivity contribution in [1.82, 2.24) is 15.1 Å². The van der Waals surface area contributed by atoms with Gasteiger partial charge in [-0.2, -0.15) is 0 Å². The van der Waals surface area contributed by atoms with Crippen molar-refractivity contribution < 1.29 is 13.9 Å². The average molecular weight is 394 g/mol. The topological polar surface area (TPSA) is 63.9 Å². The predicted molar refractivity (Wildman–Crippen MR) is 111 cm³/mol. The van der Waals surface area contributed by atoms with Gasteiger partial charge in [-0.15, -0.1) is 10.2 Å². The summed E-state index contributed by atoms with van der Waals surface area (Å²) in [7, 11) is 3.35. The molecule has 0 bridgehead atoms. The molecule has 7 heteroatoms. The molecule has 4 rings (SSSR count). The highest BCUT2D eigenvalue weighted by Crippen LogP contribution is 2.27. The monoisotopic (exact) mass is 394 g/mol. The second-order valence-corrected chi connectivity index (χ2v) is 7.07. The summed E-state index contributed by atoms with van der Waals surface area (Å²) in [5.74, 6) is 2.86. The Bertz CT molecular complexity index is 933. The molecule has 152 valence electrons. The molecule has 2 aromatic carbocycles. The van der Waals surface area contributed by atoms with Crippen molar-refractivity contribution in [2.75, 3.05) is 45.3 Å². The van der Waals surface area contributed by atoms with Crippen LogP contribution in [0.4, 0.5) is 5.69 Å². The molecule has 1 aliphatic heterocycles. The van der Waals surface area contributed by atoms with Gasteiger partial charge in [-0.3, -0.25) is 4.90 Å². The Morgan fingerprint density at radius 3 is 2.31 bits per heavy atom. The van der Waals surface area contributed by atoms with Crippen LogP contribution in [-0.4, -0.2) is 55.5 Å². The van der Waals surface area contributed by atoms with Gasteiger partial charge in [-0.1, -0.05) is 6.07 Å². The van der Waals surface area contributed by atoms with E-state index in [0.717, 1.165) is 43.2 Å². The summed E-state index contributed by atoms with van der Waals surface area (Å²) in [4.78, 5) is 4.75. The van der Waals surface area contributed by atoms with Crippen LogP contribution < -0.4 is 14.4 Å². The first-order chi connectivity index (χ1) is 14.2. The van der Waals surface area contributed by atoms with Crippen LogP contribution in [0.2, 0.25) is 0 Å². The predicted octanol–water partition coefficient (Wildman–Crippen LogP) is 3.64. The van der Waals surface area contributed by atoms with Crippen molar-refractivity contribution in [3.05, 3.63) is 54.4 Å². The van der Waals surface area contributed by atoms with E-state index in [-0.39, 0.29) is 6.04 Å². The minimum Gasteiger partial charge on any atom is -0.497 e. The van der Waals surface area contributed by atoms with E-state index >= 15 is 0 Å². The summed E-state index contributed by atoms with van der Waals surface area (Å²) in [6.45, 7) is 5.86. The van der Waals surface area contributed by atoms with Crippen molar-refractivity contribution in [2.24, 2.45) is 0 Å². The number of hydrogen-bond donors (Lipinski definition) is 0. The first kappa shape index (κ1) is 19.3. The van der Waals surface area contributed by atoms with Crippen LogP contribution in [0.15, 0.2) is 52.9 Å². The van der Waals surface area contributed by atoms with Gasteiger partial charge < -0.3 is 18.8 Å². The van der Waals surface area contributed by atoms with Crippen molar-refractivity contribution in [3.8, 4) is 23.0 Å². The van der Waals surface area contributed by atoms with E-state index < -0.39 is 0 Å². The Kier molecular flexibility index (Phi) is 5.67. The molecule has 2 heterocycles. The van der Waals surface area contributed by atoms with Gasteiger partial charge in [-0.25, -0.2) is 0 Å². The third kappa shape index (κ3) is 4.19. The number of rotatable bonds is 6. The number of hydrogen-bond acceptors (Lipinski definition) is 7. The highest BCUT2D eigenvalue weighted by atomic mass is 16.5. The Morgan fingerprint density at radius 1 is 0.897 bits per heavy atom. The standard InChI is InChI=1S/C22H26N4O3/c1-16(21-23-24-22(29-21)17-7-9-19(27-2)10-8-17)25-11-13-26(14-12-25)18-5-4-6-20(15-18)28-3/h4-10,15-16H,11-14H2,1-3H3/t16-/m0/s1. The lowest BCUT2D eigenvalue weighted by atomic mass is 10.2. The third-order valence-electron chi connectivity index (χ3n) is 5.42. The summed E-state index contributed by atoms with van der Waals surface area (Å²) in [6, 6.07) is 15.9. The van der Waals surface area contributed by atoms with E-state index in [9.17, 15) is 0 Å². The number of aromatic nitrogens is 2. The summed E-state index contributed by atoms with van der Waals surface area (Å²) in [6.07, 6.45) is 0. The van der Waals surface area contributed by atoms with E-state index in [0.29, 0.717) is 11.8 Å². The second kappa shape index (κ2) is 8.53. The molecule has 0 spiro atoms. The number of methoxy groups -OCH3 is 2. The maximum atomic E-state index is 5.97. The molecule has 7 nitrogen and oxygen atoms in total. The van der Waals surface area contributed by atoms with E-state index in [1.54, 1.807) is 14.2 Å². The zero-order valence-corrected chi connectivity index (χ0v) is 17.0. The fraction of sp³-hybridized carbons (Fsp3) is 0.364. The number of nitrogens with zero attached hydrogens (tertiary/aromatic N) is 4. The van der Waals surface area contributed by atoms with Crippen LogP contribution in [0.1, 0.15) is 18.9 Å². The van der Waals surface area contributed by atoms with Gasteiger partial charge in [0.15, 0.2) is 0 Å². The van der Waals surface area contributed by atoms with Gasteiger partial charge >= 0.3 is 0 Å². The molecule has 0 unspecified atom stereocenters. The molecule has 1 atom stereocenters. The molecule has 0 saturated carbocycles. The molecule has 29 heavy (non-hydrogen) atoms. The highest BCUT2D eigenvalue weighted by molar-refractivity contribution is 5.54. The van der Waals surface area contributed by atoms with E-state index in [1.807, 2.05) is 36.4 Å². The lowest BCUT2D eigenvalue weighted by molar-refractivity contribution is 0.173. The molecule has 1 aromatic heterocycles. The molecule has 0 aliphatic carbocycles. The summed E-state index contributed by atoms with van der Waals surface area (Å²) in [5, 5.41) is 8.52. The quantitative estimate of drug-likeness (QED) is 0.632. The minimum absolute atomic E-state index is 0.0713. The Labute approximate surface area is 170 Å². The summed E-state index contributed by atoms with van der Waals surface area (Å²) >= 11 is 0. The maximum absolute atomic E-state index is 5.97. The third-order valence-corrected chi connectivity index (χ3v) is 5.42. The van der Waals surface area contributed by atoms with E-state index in [2.05, 4.69) is 39.1 Å². The summed E-state index contributed by atoms with van der Waals surface area (Å²) in [5.41, 5.74) is 2.08. The van der Waals surface area contributed by atoms with Crippen molar-refractivity contribution in [3.63, 3.8) is 0 Å². The molecule has 0 radical (unpaired) electrons. The fourth-order valence-corrected chi connectivity index (χ4v) is 3.58. The van der Waals surface area contributed by atoms with Gasteiger partial charge in [0.1, 0.15) is 11.5 Å². The van der Waals surface area contributed by atoms with Gasteiger partial charge in [0, 0.05) is 43.5 Å². The molecular formula is C22H26N4O3. The van der Waals surface area contributed by atoms with Crippen molar-refractivity contribution >= 4 is 5.69 Å². The van der Waals surface area contributed by atoms with Gasteiger partial charge in [-0.05, 0) is 43.3 Å². The zero-order chi connectivity index (χ0) is 20.2. The Morgan fingerprint density at radius 2 is 1.62 bits per heavy atom. The van der Waals surface area contributed by atoms with E-state index in [4.69, 9.17) is 13.9 Å². The first-order valence-corrected chi connectivity index (χ1v) is 9.79. The summed E-state index contributed by atoms with van der Waals surface area (Å²) < 4.78 is 16.5. The van der Waals surface area contributed by atoms with Crippen LogP contribution in [0, 0.1) is 0 Å². The highest BCUT2D eigenvalue weighted by Gasteiger charge is 2.26. The number of piperazine rings is 1. The second-order valence-electron chi connectivity index (χ2n) is 7.07. The number of benzene rings is 2. The zero-order valence-electron chi connectivity index (χ0n) is 17.0. The molecular weight excluding hydrogens is 368 g/mol. The fourth-order valence-electron chi connectivity index (χ4n) is 3.58. The molecule has 3 aromatic rings. The SMILES string of the molecule is COc1ccc(-c2nnc([C@H](C)N3CCN(c4cccc(OC)c4)CC3)o2)cc1. The van der Waals surface area contributed by atoms with E-state index in [1.165, 1.54) is 5.69 Å². The average Bonchev–Trinajstić information content (AvgIpc) is 3.29. The Hall–Kier alpha value is -3.06. The van der Waals surface area contributed by atoms with Crippen LogP contribution >= 0.6 is 0 Å². The van der Waals surface area contributed by atoms with Crippen LogP contribution in [-0.2, 0) is 0 Å². The van der Waals surface area contributed by atoms with Crippen molar-refractivity contribution in [2.45, 2.75) is 13.0 Å². The molecule has 0 N–H and O–H groups in total. The number of anilines is 1. The molecule has 0 amide bonds. The molecule has 1 fully saturated rings.